The van der Waals surface area contributed by atoms with Crippen molar-refractivity contribution in [2.45, 2.75) is 0 Å². The molecule has 2 nitrogen and oxygen atoms in total. The van der Waals surface area contributed by atoms with Crippen LogP contribution < -0.4 is 0 Å². The van der Waals surface area contributed by atoms with E-state index in [0.717, 1.165) is 11.6 Å². The molecule has 0 spiro atoms. The summed E-state index contributed by atoms with van der Waals surface area (Å²) < 4.78 is 28.9. The molecule has 5 heteroatoms. The maximum atomic E-state index is 13.8. The molecule has 0 amide bonds. The zero-order chi connectivity index (χ0) is 12.7. The fraction of sp³-hybridized carbons (Fsp3) is 0. The zero-order valence-electron chi connectivity index (χ0n) is 9.15. The molecule has 0 aliphatic carbocycles. The van der Waals surface area contributed by atoms with E-state index >= 15 is 0 Å². The van der Waals surface area contributed by atoms with Crippen molar-refractivity contribution in [1.29, 1.82) is 0 Å². The minimum absolute atomic E-state index is 0.109. The van der Waals surface area contributed by atoms with Crippen LogP contribution in [-0.2, 0) is 0 Å². The molecule has 90 valence electrons. The summed E-state index contributed by atoms with van der Waals surface area (Å²) in [6.07, 6.45) is 0. The Labute approximate surface area is 106 Å². The lowest BCUT2D eigenvalue weighted by molar-refractivity contribution is 0.504. The summed E-state index contributed by atoms with van der Waals surface area (Å²) in [4.78, 5) is 2.96. The maximum Gasteiger partial charge on any atom is 0.182 e. The predicted octanol–water partition coefficient (Wildman–Crippen LogP) is 3.97. The second-order valence-electron chi connectivity index (χ2n) is 3.86. The summed E-state index contributed by atoms with van der Waals surface area (Å²) in [5.41, 5.74) is 1.61. The molecule has 0 fully saturated rings. The Kier molecular flexibility index (Phi) is 2.48. The van der Waals surface area contributed by atoms with Crippen molar-refractivity contribution >= 4 is 23.3 Å². The van der Waals surface area contributed by atoms with Crippen molar-refractivity contribution in [2.75, 3.05) is 0 Å². The summed E-state index contributed by atoms with van der Waals surface area (Å²) in [7, 11) is 0. The fourth-order valence-corrected chi connectivity index (χ4v) is 2.27. The van der Waals surface area contributed by atoms with Gasteiger partial charge in [-0.3, -0.25) is 4.57 Å². The monoisotopic (exact) mass is 262 g/mol. The number of fused-ring (bicyclic) bond motifs is 1. The molecule has 1 N–H and O–H groups in total. The van der Waals surface area contributed by atoms with Crippen LogP contribution >= 0.6 is 12.2 Å². The van der Waals surface area contributed by atoms with Gasteiger partial charge in [-0.05, 0) is 36.5 Å². The van der Waals surface area contributed by atoms with Crippen LogP contribution in [0.5, 0.6) is 0 Å². The Balaban J connectivity index is 2.42. The van der Waals surface area contributed by atoms with Crippen LogP contribution in [0.25, 0.3) is 16.7 Å². The van der Waals surface area contributed by atoms with Gasteiger partial charge < -0.3 is 4.98 Å². The Morgan fingerprint density at radius 3 is 2.61 bits per heavy atom. The second-order valence-corrected chi connectivity index (χ2v) is 4.24. The Bertz CT molecular complexity index is 789. The van der Waals surface area contributed by atoms with Crippen molar-refractivity contribution in [3.63, 3.8) is 0 Å². The Morgan fingerprint density at radius 2 is 1.78 bits per heavy atom. The first kappa shape index (κ1) is 11.1. The number of para-hydroxylation sites is 2. The molecule has 0 bridgehead atoms. The number of H-pyrrole nitrogens is 1. The van der Waals surface area contributed by atoms with Crippen LogP contribution in [0.4, 0.5) is 8.78 Å². The number of rotatable bonds is 1. The van der Waals surface area contributed by atoms with E-state index in [1.807, 2.05) is 18.2 Å². The third kappa shape index (κ3) is 1.55. The first-order valence-corrected chi connectivity index (χ1v) is 5.73. The quantitative estimate of drug-likeness (QED) is 0.658. The highest BCUT2D eigenvalue weighted by molar-refractivity contribution is 7.71. The van der Waals surface area contributed by atoms with Crippen molar-refractivity contribution in [3.05, 3.63) is 58.9 Å². The van der Waals surface area contributed by atoms with E-state index in [1.165, 1.54) is 16.7 Å². The van der Waals surface area contributed by atoms with Crippen LogP contribution in [0.3, 0.4) is 0 Å². The lowest BCUT2D eigenvalue weighted by Crippen LogP contribution is -1.99. The maximum absolute atomic E-state index is 13.8. The molecule has 3 aromatic rings. The number of nitrogens with zero attached hydrogens (tertiary/aromatic N) is 1. The lowest BCUT2D eigenvalue weighted by Gasteiger charge is -2.06. The van der Waals surface area contributed by atoms with Crippen LogP contribution in [0.15, 0.2) is 42.5 Å². The number of hydrogen-bond donors (Lipinski definition) is 1. The van der Waals surface area contributed by atoms with Crippen LogP contribution in [-0.4, -0.2) is 9.55 Å². The van der Waals surface area contributed by atoms with Gasteiger partial charge in [0.15, 0.2) is 16.4 Å². The molecule has 0 aliphatic rings. The number of imidazole rings is 1. The summed E-state index contributed by atoms with van der Waals surface area (Å²) in [6.45, 7) is 0. The van der Waals surface area contributed by atoms with E-state index in [4.69, 9.17) is 12.2 Å². The molecule has 1 aromatic heterocycles. The van der Waals surface area contributed by atoms with Gasteiger partial charge in [-0.15, -0.1) is 0 Å². The largest absolute Gasteiger partial charge is 0.330 e. The number of nitrogens with one attached hydrogen (secondary N) is 1. The smallest absolute Gasteiger partial charge is 0.182 e. The minimum Gasteiger partial charge on any atom is -0.330 e. The zero-order valence-corrected chi connectivity index (χ0v) is 9.97. The van der Waals surface area contributed by atoms with E-state index in [2.05, 4.69) is 4.98 Å². The van der Waals surface area contributed by atoms with Crippen LogP contribution in [0, 0.1) is 16.4 Å². The van der Waals surface area contributed by atoms with Crippen molar-refractivity contribution in [2.24, 2.45) is 0 Å². The van der Waals surface area contributed by atoms with Crippen molar-refractivity contribution in [1.82, 2.24) is 9.55 Å². The Hall–Kier alpha value is -2.01. The highest BCUT2D eigenvalue weighted by Gasteiger charge is 2.13. The molecular weight excluding hydrogens is 254 g/mol. The summed E-state index contributed by atoms with van der Waals surface area (Å²) in [5.74, 6) is -1.79. The highest BCUT2D eigenvalue weighted by atomic mass is 32.1. The van der Waals surface area contributed by atoms with Gasteiger partial charge in [-0.1, -0.05) is 18.2 Å². The molecule has 2 aromatic carbocycles. The summed E-state index contributed by atoms with van der Waals surface area (Å²) >= 11 is 5.16. The van der Waals surface area contributed by atoms with Gasteiger partial charge in [0.25, 0.3) is 0 Å². The second kappa shape index (κ2) is 4.03. The molecule has 1 heterocycles. The first-order valence-electron chi connectivity index (χ1n) is 5.32. The average Bonchev–Trinajstić information content (AvgIpc) is 2.69. The molecule has 18 heavy (non-hydrogen) atoms. The van der Waals surface area contributed by atoms with Gasteiger partial charge in [0.05, 0.1) is 16.7 Å². The summed E-state index contributed by atoms with van der Waals surface area (Å²) in [6, 6.07) is 11.3. The van der Waals surface area contributed by atoms with Crippen LogP contribution in [0.1, 0.15) is 0 Å². The molecule has 0 saturated carbocycles. The highest BCUT2D eigenvalue weighted by Crippen LogP contribution is 2.22. The minimum atomic E-state index is -0.904. The van der Waals surface area contributed by atoms with E-state index < -0.39 is 11.6 Å². The number of benzene rings is 2. The number of aromatic amines is 1. The van der Waals surface area contributed by atoms with E-state index in [1.54, 1.807) is 6.07 Å². The average molecular weight is 262 g/mol. The predicted molar refractivity (Wildman–Crippen MR) is 68.4 cm³/mol. The normalized spacial score (nSPS) is 11.0. The lowest BCUT2D eigenvalue weighted by atomic mass is 10.2. The first-order chi connectivity index (χ1) is 8.68. The topological polar surface area (TPSA) is 20.7 Å². The summed E-state index contributed by atoms with van der Waals surface area (Å²) in [5, 5.41) is 0. The Morgan fingerprint density at radius 1 is 1.00 bits per heavy atom. The third-order valence-corrected chi connectivity index (χ3v) is 3.05. The van der Waals surface area contributed by atoms with E-state index in [0.29, 0.717) is 10.3 Å². The molecule has 0 atom stereocenters. The SMILES string of the molecule is Fc1cccc(-n2c(=S)[nH]c3ccccc32)c1F. The van der Waals surface area contributed by atoms with Gasteiger partial charge in [-0.2, -0.15) is 0 Å². The third-order valence-electron chi connectivity index (χ3n) is 2.76. The van der Waals surface area contributed by atoms with E-state index in [9.17, 15) is 8.78 Å². The van der Waals surface area contributed by atoms with Crippen molar-refractivity contribution in [3.8, 4) is 5.69 Å². The van der Waals surface area contributed by atoms with Gasteiger partial charge >= 0.3 is 0 Å². The van der Waals surface area contributed by atoms with Crippen molar-refractivity contribution < 1.29 is 8.78 Å². The number of aromatic nitrogens is 2. The van der Waals surface area contributed by atoms with Gasteiger partial charge in [0, 0.05) is 0 Å². The van der Waals surface area contributed by atoms with Gasteiger partial charge in [0.1, 0.15) is 0 Å². The number of hydrogen-bond acceptors (Lipinski definition) is 1. The standard InChI is InChI=1S/C13H8F2N2S/c14-8-4-3-7-11(12(8)15)17-10-6-2-1-5-9(10)16-13(17)18/h1-7H,(H,16,18). The molecule has 0 saturated heterocycles. The molecular formula is C13H8F2N2S. The van der Waals surface area contributed by atoms with Gasteiger partial charge in [-0.25, -0.2) is 8.78 Å². The fourth-order valence-electron chi connectivity index (χ4n) is 1.96. The molecule has 0 aliphatic heterocycles. The van der Waals surface area contributed by atoms with Crippen LogP contribution in [0.2, 0.25) is 0 Å². The molecule has 0 unspecified atom stereocenters. The molecule has 3 rings (SSSR count). The number of halogens is 2. The van der Waals surface area contributed by atoms with E-state index in [-0.39, 0.29) is 5.69 Å². The van der Waals surface area contributed by atoms with Gasteiger partial charge in [0.2, 0.25) is 0 Å². The molecule has 0 radical (unpaired) electrons.